The van der Waals surface area contributed by atoms with Gasteiger partial charge in [0.2, 0.25) is 12.0 Å². The van der Waals surface area contributed by atoms with Crippen LogP contribution in [0.2, 0.25) is 0 Å². The van der Waals surface area contributed by atoms with Crippen molar-refractivity contribution in [2.75, 3.05) is 5.75 Å². The van der Waals surface area contributed by atoms with Gasteiger partial charge in [-0.1, -0.05) is 24.0 Å². The number of hydrogen-bond acceptors (Lipinski definition) is 6. The summed E-state index contributed by atoms with van der Waals surface area (Å²) >= 11 is 6.77. The molecule has 0 atom stereocenters. The third kappa shape index (κ3) is 2.03. The average Bonchev–Trinajstić information content (AvgIpc) is 2.29. The van der Waals surface area contributed by atoms with Crippen LogP contribution in [0.4, 0.5) is 0 Å². The molecule has 0 aromatic heterocycles. The fourth-order valence-electron chi connectivity index (χ4n) is 0.479. The maximum Gasteiger partial charge on any atom is 0.250 e. The summed E-state index contributed by atoms with van der Waals surface area (Å²) < 4.78 is 4.81. The first-order valence-corrected chi connectivity index (χ1v) is 4.62. The van der Waals surface area contributed by atoms with Crippen LogP contribution in [0.1, 0.15) is 0 Å². The highest BCUT2D eigenvalue weighted by Crippen LogP contribution is 2.26. The lowest BCUT2D eigenvalue weighted by Crippen LogP contribution is -2.19. The summed E-state index contributed by atoms with van der Waals surface area (Å²) in [5.41, 5.74) is 0. The molecule has 4 nitrogen and oxygen atoms in total. The predicted molar refractivity (Wildman–Crippen MR) is 47.6 cm³/mol. The number of carbonyl (C=O) groups excluding carboxylic acids is 2. The van der Waals surface area contributed by atoms with Gasteiger partial charge in [-0.15, -0.1) is 4.40 Å². The van der Waals surface area contributed by atoms with E-state index in [0.717, 1.165) is 12.1 Å². The number of thiocarbonyl (C=S) groups is 1. The Morgan fingerprint density at radius 2 is 2.55 bits per heavy atom. The second kappa shape index (κ2) is 3.87. The Balaban J connectivity index is 2.61. The molecule has 1 amide bonds. The molecule has 11 heavy (non-hydrogen) atoms. The van der Waals surface area contributed by atoms with Crippen molar-refractivity contribution in [2.45, 2.75) is 0 Å². The fraction of sp³-hybridized carbons (Fsp3) is 0.250. The Hall–Kier alpha value is -0.360. The zero-order valence-corrected chi connectivity index (χ0v) is 7.59. The molecule has 0 bridgehead atoms. The second-order valence-corrected chi connectivity index (χ2v) is 3.83. The van der Waals surface area contributed by atoms with Gasteiger partial charge in [0, 0.05) is 0 Å². The number of hydrogen-bond donors (Lipinski definition) is 0. The van der Waals surface area contributed by atoms with Gasteiger partial charge in [0.05, 0.1) is 5.75 Å². The number of amides is 1. The molecule has 0 radical (unpaired) electrons. The molecule has 0 aromatic carbocycles. The normalized spacial score (nSPS) is 16.9. The summed E-state index contributed by atoms with van der Waals surface area (Å²) in [5.74, 6) is 0.198. The van der Waals surface area contributed by atoms with E-state index in [1.54, 1.807) is 0 Å². The van der Waals surface area contributed by atoms with Crippen LogP contribution in [0, 0.1) is 0 Å². The van der Waals surface area contributed by atoms with Gasteiger partial charge in [0.25, 0.3) is 0 Å². The van der Waals surface area contributed by atoms with Crippen molar-refractivity contribution in [3.8, 4) is 0 Å². The highest BCUT2D eigenvalue weighted by molar-refractivity contribution is 8.25. The van der Waals surface area contributed by atoms with E-state index in [2.05, 4.69) is 4.40 Å². The zero-order valence-electron chi connectivity index (χ0n) is 5.14. The SMILES string of the molecule is O=C=NSN1C(=O)CSC1=S. The van der Waals surface area contributed by atoms with E-state index in [9.17, 15) is 9.59 Å². The molecule has 0 N–H and O–H groups in total. The average molecular weight is 206 g/mol. The second-order valence-electron chi connectivity index (χ2n) is 1.51. The highest BCUT2D eigenvalue weighted by atomic mass is 32.2. The van der Waals surface area contributed by atoms with Gasteiger partial charge >= 0.3 is 0 Å². The van der Waals surface area contributed by atoms with Crippen LogP contribution in [0.25, 0.3) is 0 Å². The number of carbonyl (C=O) groups is 1. The summed E-state index contributed by atoms with van der Waals surface area (Å²) in [4.78, 5) is 20.6. The standard InChI is InChI=1S/C4H2N2O2S3/c7-2-5-11-6-3(8)1-10-4(6)9/h1H2. The Labute approximate surface area is 76.7 Å². The van der Waals surface area contributed by atoms with Crippen molar-refractivity contribution < 1.29 is 9.59 Å². The van der Waals surface area contributed by atoms with Crippen LogP contribution < -0.4 is 0 Å². The third-order valence-corrected chi connectivity index (χ3v) is 3.16. The Morgan fingerprint density at radius 3 is 3.00 bits per heavy atom. The van der Waals surface area contributed by atoms with Crippen LogP contribution in [-0.2, 0) is 9.59 Å². The summed E-state index contributed by atoms with van der Waals surface area (Å²) in [6, 6.07) is 0. The van der Waals surface area contributed by atoms with Crippen molar-refractivity contribution in [3.05, 3.63) is 0 Å². The molecule has 7 heteroatoms. The highest BCUT2D eigenvalue weighted by Gasteiger charge is 2.27. The molecule has 1 fully saturated rings. The van der Waals surface area contributed by atoms with Crippen molar-refractivity contribution in [1.82, 2.24) is 4.31 Å². The first kappa shape index (κ1) is 8.73. The maximum absolute atomic E-state index is 10.9. The Morgan fingerprint density at radius 1 is 1.82 bits per heavy atom. The van der Waals surface area contributed by atoms with Crippen LogP contribution >= 0.6 is 36.1 Å². The van der Waals surface area contributed by atoms with E-state index in [4.69, 9.17) is 12.2 Å². The van der Waals surface area contributed by atoms with Crippen molar-refractivity contribution in [2.24, 2.45) is 4.40 Å². The third-order valence-electron chi connectivity index (χ3n) is 0.871. The summed E-state index contributed by atoms with van der Waals surface area (Å²) in [5, 5.41) is 0. The van der Waals surface area contributed by atoms with E-state index in [1.807, 2.05) is 0 Å². The monoisotopic (exact) mass is 206 g/mol. The van der Waals surface area contributed by atoms with Crippen molar-refractivity contribution >= 4 is 52.4 Å². The van der Waals surface area contributed by atoms with Gasteiger partial charge < -0.3 is 0 Å². The molecule has 0 spiro atoms. The van der Waals surface area contributed by atoms with Crippen molar-refractivity contribution in [3.63, 3.8) is 0 Å². The van der Waals surface area contributed by atoms with E-state index >= 15 is 0 Å². The lowest BCUT2D eigenvalue weighted by atomic mass is 10.7. The van der Waals surface area contributed by atoms with Gasteiger partial charge in [0.15, 0.2) is 4.32 Å². The molecule has 1 aliphatic heterocycles. The van der Waals surface area contributed by atoms with Crippen LogP contribution in [0.15, 0.2) is 4.40 Å². The number of nitrogens with zero attached hydrogens (tertiary/aromatic N) is 2. The first-order valence-electron chi connectivity index (χ1n) is 2.49. The van der Waals surface area contributed by atoms with Crippen LogP contribution in [0.3, 0.4) is 0 Å². The van der Waals surface area contributed by atoms with E-state index in [0.29, 0.717) is 10.1 Å². The van der Waals surface area contributed by atoms with Crippen molar-refractivity contribution in [1.29, 1.82) is 0 Å². The lowest BCUT2D eigenvalue weighted by molar-refractivity contribution is -0.120. The molecule has 58 valence electrons. The molecule has 0 aromatic rings. The minimum atomic E-state index is -0.135. The first-order chi connectivity index (χ1) is 5.25. The van der Waals surface area contributed by atoms with Gasteiger partial charge in [-0.2, -0.15) is 0 Å². The molecule has 0 saturated carbocycles. The lowest BCUT2D eigenvalue weighted by Gasteiger charge is -2.05. The van der Waals surface area contributed by atoms with Crippen LogP contribution in [-0.4, -0.2) is 26.4 Å². The van der Waals surface area contributed by atoms with Gasteiger partial charge in [-0.05, 0) is 0 Å². The summed E-state index contributed by atoms with van der Waals surface area (Å²) in [7, 11) is 0. The molecular formula is C4H2N2O2S3. The molecule has 1 rings (SSSR count). The minimum Gasteiger partial charge on any atom is -0.272 e. The van der Waals surface area contributed by atoms with Gasteiger partial charge in [-0.25, -0.2) is 9.10 Å². The van der Waals surface area contributed by atoms with E-state index in [-0.39, 0.29) is 5.91 Å². The molecular weight excluding hydrogens is 204 g/mol. The molecule has 0 aliphatic carbocycles. The smallest absolute Gasteiger partial charge is 0.250 e. The predicted octanol–water partition coefficient (Wildman–Crippen LogP) is 0.746. The number of isocyanates is 1. The fourth-order valence-corrected chi connectivity index (χ4v) is 2.13. The Kier molecular flexibility index (Phi) is 3.07. The Bertz CT molecular complexity index is 232. The molecule has 1 saturated heterocycles. The zero-order chi connectivity index (χ0) is 8.27. The molecule has 1 heterocycles. The molecule has 1 aliphatic rings. The maximum atomic E-state index is 10.9. The molecule has 0 unspecified atom stereocenters. The van der Waals surface area contributed by atoms with Gasteiger partial charge in [-0.3, -0.25) is 4.79 Å². The number of thioether (sulfide) groups is 1. The van der Waals surface area contributed by atoms with E-state index < -0.39 is 0 Å². The number of rotatable bonds is 2. The van der Waals surface area contributed by atoms with Gasteiger partial charge in [0.1, 0.15) is 12.1 Å². The minimum absolute atomic E-state index is 0.135. The topological polar surface area (TPSA) is 49.7 Å². The van der Waals surface area contributed by atoms with E-state index in [1.165, 1.54) is 22.1 Å². The largest absolute Gasteiger partial charge is 0.272 e. The summed E-state index contributed by atoms with van der Waals surface area (Å²) in [6.07, 6.45) is 1.31. The summed E-state index contributed by atoms with van der Waals surface area (Å²) in [6.45, 7) is 0. The van der Waals surface area contributed by atoms with Crippen LogP contribution in [0.5, 0.6) is 0 Å². The quantitative estimate of drug-likeness (QED) is 0.289.